The molecular weight excluding hydrogens is 392 g/mol. The zero-order valence-electron chi connectivity index (χ0n) is 18.2. The number of hydrogen-bond acceptors (Lipinski definition) is 6. The van der Waals surface area contributed by atoms with E-state index in [1.54, 1.807) is 11.7 Å². The third-order valence-electron chi connectivity index (χ3n) is 6.72. The summed E-state index contributed by atoms with van der Waals surface area (Å²) in [5.41, 5.74) is 2.50. The number of rotatable bonds is 5. The number of likely N-dealkylation sites (tertiary alicyclic amines) is 1. The molecule has 3 unspecified atom stereocenters. The molecule has 2 aromatic heterocycles. The first-order valence-electron chi connectivity index (χ1n) is 10.8. The number of amides is 1. The average Bonchev–Trinajstić information content (AvgIpc) is 3.46. The summed E-state index contributed by atoms with van der Waals surface area (Å²) >= 11 is 0. The van der Waals surface area contributed by atoms with Crippen molar-refractivity contribution >= 4 is 5.91 Å². The first kappa shape index (κ1) is 19.9. The minimum atomic E-state index is -0.226. The van der Waals surface area contributed by atoms with Crippen LogP contribution >= 0.6 is 0 Å². The molecule has 2 fully saturated rings. The van der Waals surface area contributed by atoms with Crippen molar-refractivity contribution in [1.82, 2.24) is 30.1 Å². The third-order valence-corrected chi connectivity index (χ3v) is 6.72. The van der Waals surface area contributed by atoms with Crippen molar-refractivity contribution in [2.75, 3.05) is 13.1 Å². The Morgan fingerprint density at radius 2 is 2.10 bits per heavy atom. The summed E-state index contributed by atoms with van der Waals surface area (Å²) in [6.07, 6.45) is 1.70. The number of nitrogens with zero attached hydrogens (tertiary/aromatic N) is 5. The van der Waals surface area contributed by atoms with Crippen LogP contribution in [0.15, 0.2) is 40.9 Å². The van der Waals surface area contributed by atoms with Gasteiger partial charge in [-0.2, -0.15) is 10.1 Å². The highest BCUT2D eigenvalue weighted by molar-refractivity contribution is 5.92. The van der Waals surface area contributed by atoms with Crippen LogP contribution in [0, 0.1) is 19.8 Å². The van der Waals surface area contributed by atoms with Gasteiger partial charge in [0.2, 0.25) is 5.89 Å². The molecular formula is C23H28N6O2. The summed E-state index contributed by atoms with van der Waals surface area (Å²) in [4.78, 5) is 20.0. The first-order valence-corrected chi connectivity index (χ1v) is 10.8. The predicted octanol–water partition coefficient (Wildman–Crippen LogP) is 2.38. The Bertz CT molecular complexity index is 1090. The Morgan fingerprint density at radius 1 is 1.29 bits per heavy atom. The Morgan fingerprint density at radius 3 is 2.77 bits per heavy atom. The van der Waals surface area contributed by atoms with Gasteiger partial charge in [0.1, 0.15) is 5.69 Å². The second-order valence-corrected chi connectivity index (χ2v) is 9.06. The summed E-state index contributed by atoms with van der Waals surface area (Å²) in [7, 11) is 1.80. The summed E-state index contributed by atoms with van der Waals surface area (Å²) in [5.74, 6) is 1.64. The number of aromatic nitrogens is 4. The van der Waals surface area contributed by atoms with Gasteiger partial charge in [-0.25, -0.2) is 0 Å². The van der Waals surface area contributed by atoms with E-state index in [4.69, 9.17) is 4.52 Å². The molecule has 3 aromatic rings. The number of benzene rings is 1. The van der Waals surface area contributed by atoms with Gasteiger partial charge in [0, 0.05) is 32.7 Å². The van der Waals surface area contributed by atoms with Gasteiger partial charge < -0.3 is 9.84 Å². The zero-order chi connectivity index (χ0) is 21.6. The van der Waals surface area contributed by atoms with Crippen molar-refractivity contribution in [2.45, 2.75) is 44.7 Å². The zero-order valence-corrected chi connectivity index (χ0v) is 18.2. The maximum atomic E-state index is 12.9. The van der Waals surface area contributed by atoms with Gasteiger partial charge in [0.15, 0.2) is 5.82 Å². The minimum absolute atomic E-state index is 0.0683. The molecule has 5 rings (SSSR count). The lowest BCUT2D eigenvalue weighted by atomic mass is 9.80. The fourth-order valence-corrected chi connectivity index (χ4v) is 5.46. The van der Waals surface area contributed by atoms with Crippen molar-refractivity contribution in [3.8, 4) is 0 Å². The van der Waals surface area contributed by atoms with Gasteiger partial charge in [-0.05, 0) is 44.2 Å². The van der Waals surface area contributed by atoms with Crippen LogP contribution in [0.1, 0.15) is 46.3 Å². The summed E-state index contributed by atoms with van der Waals surface area (Å²) in [5, 5.41) is 11.6. The standard InChI is InChI=1S/C23H28N6O2/c1-15-9-20(28(3)26-15)21(30)25-19-10-18-13-29(12-17-7-5-4-6-8-17)14-23(18,11-19)22-24-16(2)27-31-22/h4-9,18-19H,10-14H2,1-3H3,(H,25,30). The topological polar surface area (TPSA) is 89.1 Å². The molecule has 1 amide bonds. The van der Waals surface area contributed by atoms with Crippen LogP contribution in [-0.2, 0) is 19.0 Å². The summed E-state index contributed by atoms with van der Waals surface area (Å²) in [6, 6.07) is 12.4. The molecule has 1 aliphatic heterocycles. The fraction of sp³-hybridized carbons (Fsp3) is 0.478. The lowest BCUT2D eigenvalue weighted by molar-refractivity contribution is 0.0924. The van der Waals surface area contributed by atoms with Gasteiger partial charge in [-0.1, -0.05) is 35.5 Å². The number of hydrogen-bond donors (Lipinski definition) is 1. The smallest absolute Gasteiger partial charge is 0.269 e. The quantitative estimate of drug-likeness (QED) is 0.682. The SMILES string of the molecule is Cc1cc(C(=O)NC2CC3CN(Cc4ccccc4)CC3(c3nc(C)no3)C2)n(C)n1. The monoisotopic (exact) mass is 420 g/mol. The Labute approximate surface area is 181 Å². The van der Waals surface area contributed by atoms with Crippen LogP contribution < -0.4 is 5.32 Å². The lowest BCUT2D eigenvalue weighted by Crippen LogP contribution is -2.38. The van der Waals surface area contributed by atoms with Crippen molar-refractivity contribution in [3.63, 3.8) is 0 Å². The van der Waals surface area contributed by atoms with E-state index in [0.717, 1.165) is 38.2 Å². The van der Waals surface area contributed by atoms with E-state index in [9.17, 15) is 4.79 Å². The normalized spacial score (nSPS) is 25.6. The molecule has 162 valence electrons. The van der Waals surface area contributed by atoms with E-state index in [1.165, 1.54) is 5.56 Å². The summed E-state index contributed by atoms with van der Waals surface area (Å²) in [6.45, 7) is 6.45. The van der Waals surface area contributed by atoms with Crippen molar-refractivity contribution in [1.29, 1.82) is 0 Å². The van der Waals surface area contributed by atoms with Crippen molar-refractivity contribution in [2.24, 2.45) is 13.0 Å². The molecule has 3 atom stereocenters. The van der Waals surface area contributed by atoms with E-state index in [2.05, 4.69) is 49.7 Å². The van der Waals surface area contributed by atoms with Crippen LogP contribution in [0.2, 0.25) is 0 Å². The molecule has 0 radical (unpaired) electrons. The number of aryl methyl sites for hydroxylation is 3. The number of fused-ring (bicyclic) bond motifs is 1. The average molecular weight is 421 g/mol. The molecule has 1 saturated carbocycles. The van der Waals surface area contributed by atoms with E-state index < -0.39 is 0 Å². The van der Waals surface area contributed by atoms with E-state index in [-0.39, 0.29) is 17.4 Å². The second kappa shape index (κ2) is 7.60. The molecule has 2 aliphatic rings. The molecule has 8 heteroatoms. The van der Waals surface area contributed by atoms with E-state index in [0.29, 0.717) is 23.3 Å². The Hall–Kier alpha value is -3.00. The lowest BCUT2D eigenvalue weighted by Gasteiger charge is -2.25. The molecule has 0 spiro atoms. The van der Waals surface area contributed by atoms with Gasteiger partial charge >= 0.3 is 0 Å². The number of carbonyl (C=O) groups excluding carboxylic acids is 1. The Balaban J connectivity index is 1.36. The molecule has 0 bridgehead atoms. The highest BCUT2D eigenvalue weighted by Gasteiger charge is 2.57. The highest BCUT2D eigenvalue weighted by Crippen LogP contribution is 2.50. The van der Waals surface area contributed by atoms with Crippen molar-refractivity contribution in [3.05, 3.63) is 65.1 Å². The molecule has 8 nitrogen and oxygen atoms in total. The molecule has 1 N–H and O–H groups in total. The van der Waals surface area contributed by atoms with Gasteiger partial charge in [0.25, 0.3) is 5.91 Å². The van der Waals surface area contributed by atoms with E-state index >= 15 is 0 Å². The number of nitrogens with one attached hydrogen (secondary N) is 1. The molecule has 31 heavy (non-hydrogen) atoms. The van der Waals surface area contributed by atoms with Gasteiger partial charge in [0.05, 0.1) is 11.1 Å². The van der Waals surface area contributed by atoms with Crippen LogP contribution in [0.3, 0.4) is 0 Å². The maximum Gasteiger partial charge on any atom is 0.269 e. The fourth-order valence-electron chi connectivity index (χ4n) is 5.46. The molecule has 1 aromatic carbocycles. The summed E-state index contributed by atoms with van der Waals surface area (Å²) < 4.78 is 7.34. The predicted molar refractivity (Wildman–Crippen MR) is 114 cm³/mol. The minimum Gasteiger partial charge on any atom is -0.348 e. The van der Waals surface area contributed by atoms with Crippen LogP contribution in [0.5, 0.6) is 0 Å². The molecule has 1 saturated heterocycles. The third kappa shape index (κ3) is 3.65. The molecule has 3 heterocycles. The van der Waals surface area contributed by atoms with E-state index in [1.807, 2.05) is 26.0 Å². The Kier molecular flexibility index (Phi) is 4.89. The van der Waals surface area contributed by atoms with Crippen LogP contribution in [0.25, 0.3) is 0 Å². The number of carbonyl (C=O) groups is 1. The second-order valence-electron chi connectivity index (χ2n) is 9.06. The largest absolute Gasteiger partial charge is 0.348 e. The maximum absolute atomic E-state index is 12.9. The van der Waals surface area contributed by atoms with Crippen LogP contribution in [-0.4, -0.2) is 49.9 Å². The van der Waals surface area contributed by atoms with Crippen LogP contribution in [0.4, 0.5) is 0 Å². The molecule has 1 aliphatic carbocycles. The van der Waals surface area contributed by atoms with Gasteiger partial charge in [-0.3, -0.25) is 14.4 Å². The van der Waals surface area contributed by atoms with Crippen molar-refractivity contribution < 1.29 is 9.32 Å². The van der Waals surface area contributed by atoms with Gasteiger partial charge in [-0.15, -0.1) is 0 Å². The highest BCUT2D eigenvalue weighted by atomic mass is 16.5. The first-order chi connectivity index (χ1) is 14.9.